The lowest BCUT2D eigenvalue weighted by Crippen LogP contribution is -2.23. The topological polar surface area (TPSA) is 108 Å². The van der Waals surface area contributed by atoms with Gasteiger partial charge in [-0.25, -0.2) is 8.42 Å². The van der Waals surface area contributed by atoms with Crippen LogP contribution in [0.2, 0.25) is 0 Å². The molecule has 1 N–H and O–H groups in total. The number of nitrogens with one attached hydrogen (secondary N) is 1. The van der Waals surface area contributed by atoms with Gasteiger partial charge < -0.3 is 19.5 Å². The third-order valence-electron chi connectivity index (χ3n) is 3.20. The van der Waals surface area contributed by atoms with E-state index in [1.54, 1.807) is 32.0 Å². The molecule has 146 valence electrons. The molecule has 0 atom stereocenters. The quantitative estimate of drug-likeness (QED) is 0.608. The zero-order valence-electron chi connectivity index (χ0n) is 15.4. The summed E-state index contributed by atoms with van der Waals surface area (Å²) >= 11 is 0. The molecule has 0 aliphatic heterocycles. The number of carbonyl (C=O) groups excluding carboxylic acids is 2. The van der Waals surface area contributed by atoms with E-state index < -0.39 is 28.3 Å². The highest BCUT2D eigenvalue weighted by Crippen LogP contribution is 2.25. The Morgan fingerprint density at radius 3 is 2.15 bits per heavy atom. The number of amides is 1. The molecule has 0 heterocycles. The highest BCUT2D eigenvalue weighted by molar-refractivity contribution is 7.91. The summed E-state index contributed by atoms with van der Waals surface area (Å²) in [5.41, 5.74) is 0.418. The van der Waals surface area contributed by atoms with Crippen LogP contribution in [-0.2, 0) is 24.2 Å². The Labute approximate surface area is 153 Å². The molecule has 0 spiro atoms. The monoisotopic (exact) mass is 387 g/mol. The van der Waals surface area contributed by atoms with Crippen LogP contribution in [0, 0.1) is 5.92 Å². The van der Waals surface area contributed by atoms with Gasteiger partial charge in [0.05, 0.1) is 32.1 Å². The molecule has 1 rings (SSSR count). The summed E-state index contributed by atoms with van der Waals surface area (Å²) in [6.07, 6.45) is -0.282. The molecule has 1 aromatic rings. The van der Waals surface area contributed by atoms with Crippen LogP contribution in [0.4, 0.5) is 5.69 Å². The highest BCUT2D eigenvalue weighted by atomic mass is 32.2. The minimum absolute atomic E-state index is 0.0123. The van der Waals surface area contributed by atoms with Gasteiger partial charge in [-0.1, -0.05) is 13.8 Å². The molecule has 0 aromatic heterocycles. The number of methoxy groups -OCH3 is 2. The summed E-state index contributed by atoms with van der Waals surface area (Å²) in [6, 6.07) is 4.81. The SMILES string of the molecule is COc1cc(NC(=O)COC(=O)CCS(=O)(=O)CC(C)C)cc(OC)c1. The minimum Gasteiger partial charge on any atom is -0.497 e. The zero-order valence-corrected chi connectivity index (χ0v) is 16.2. The van der Waals surface area contributed by atoms with Crippen molar-refractivity contribution >= 4 is 27.4 Å². The molecule has 1 amide bonds. The number of sulfone groups is 1. The fraction of sp³-hybridized carbons (Fsp3) is 0.529. The second-order valence-electron chi connectivity index (χ2n) is 6.07. The van der Waals surface area contributed by atoms with E-state index in [0.717, 1.165) is 0 Å². The molecule has 0 aliphatic rings. The van der Waals surface area contributed by atoms with Crippen LogP contribution in [-0.4, -0.2) is 52.6 Å². The van der Waals surface area contributed by atoms with E-state index in [4.69, 9.17) is 14.2 Å². The second-order valence-corrected chi connectivity index (χ2v) is 8.30. The van der Waals surface area contributed by atoms with Gasteiger partial charge >= 0.3 is 5.97 Å². The van der Waals surface area contributed by atoms with Crippen molar-refractivity contribution in [3.05, 3.63) is 18.2 Å². The van der Waals surface area contributed by atoms with Gasteiger partial charge in [0.15, 0.2) is 16.4 Å². The van der Waals surface area contributed by atoms with Gasteiger partial charge in [-0.2, -0.15) is 0 Å². The number of esters is 1. The zero-order chi connectivity index (χ0) is 19.7. The Kier molecular flexibility index (Phi) is 8.37. The first-order valence-electron chi connectivity index (χ1n) is 8.04. The fourth-order valence-corrected chi connectivity index (χ4v) is 3.78. The fourth-order valence-electron chi connectivity index (χ4n) is 2.12. The van der Waals surface area contributed by atoms with Crippen LogP contribution in [0.3, 0.4) is 0 Å². The molecule has 9 heteroatoms. The Bertz CT molecular complexity index is 706. The third-order valence-corrected chi connectivity index (χ3v) is 5.20. The van der Waals surface area contributed by atoms with Crippen LogP contribution >= 0.6 is 0 Å². The van der Waals surface area contributed by atoms with Crippen molar-refractivity contribution in [2.24, 2.45) is 5.92 Å². The number of anilines is 1. The van der Waals surface area contributed by atoms with E-state index in [0.29, 0.717) is 17.2 Å². The average molecular weight is 387 g/mol. The third kappa shape index (κ3) is 8.19. The number of benzene rings is 1. The first-order chi connectivity index (χ1) is 12.1. The van der Waals surface area contributed by atoms with E-state index in [-0.39, 0.29) is 23.8 Å². The average Bonchev–Trinajstić information content (AvgIpc) is 2.56. The first kappa shape index (κ1) is 21.8. The van der Waals surface area contributed by atoms with Gasteiger partial charge in [-0.05, 0) is 5.92 Å². The molecular weight excluding hydrogens is 362 g/mol. The maximum atomic E-state index is 11.9. The van der Waals surface area contributed by atoms with E-state index >= 15 is 0 Å². The molecule has 0 saturated heterocycles. The van der Waals surface area contributed by atoms with E-state index in [1.165, 1.54) is 14.2 Å². The number of hydrogen-bond acceptors (Lipinski definition) is 7. The summed E-state index contributed by atoms with van der Waals surface area (Å²) in [5, 5.41) is 2.55. The molecular formula is C17H25NO7S. The van der Waals surface area contributed by atoms with Crippen LogP contribution in [0.15, 0.2) is 18.2 Å². The largest absolute Gasteiger partial charge is 0.497 e. The smallest absolute Gasteiger partial charge is 0.307 e. The normalized spacial score (nSPS) is 11.1. The molecule has 0 aliphatic carbocycles. The lowest BCUT2D eigenvalue weighted by atomic mass is 10.2. The molecule has 0 fully saturated rings. The highest BCUT2D eigenvalue weighted by Gasteiger charge is 2.17. The maximum Gasteiger partial charge on any atom is 0.307 e. The van der Waals surface area contributed by atoms with Crippen molar-refractivity contribution < 1.29 is 32.2 Å². The van der Waals surface area contributed by atoms with Crippen molar-refractivity contribution in [1.29, 1.82) is 0 Å². The Morgan fingerprint density at radius 2 is 1.65 bits per heavy atom. The van der Waals surface area contributed by atoms with Crippen molar-refractivity contribution in [3.8, 4) is 11.5 Å². The predicted molar refractivity (Wildman–Crippen MR) is 97.2 cm³/mol. The van der Waals surface area contributed by atoms with Gasteiger partial charge in [-0.3, -0.25) is 9.59 Å². The summed E-state index contributed by atoms with van der Waals surface area (Å²) in [5.74, 6) is -0.605. The molecule has 0 saturated carbocycles. The van der Waals surface area contributed by atoms with Crippen molar-refractivity contribution in [2.75, 3.05) is 37.6 Å². The van der Waals surface area contributed by atoms with E-state index in [9.17, 15) is 18.0 Å². The lowest BCUT2D eigenvalue weighted by Gasteiger charge is -2.10. The van der Waals surface area contributed by atoms with Gasteiger partial charge in [0, 0.05) is 23.9 Å². The Balaban J connectivity index is 2.48. The van der Waals surface area contributed by atoms with Crippen molar-refractivity contribution in [2.45, 2.75) is 20.3 Å². The van der Waals surface area contributed by atoms with Crippen molar-refractivity contribution in [1.82, 2.24) is 0 Å². The van der Waals surface area contributed by atoms with Gasteiger partial charge in [0.2, 0.25) is 0 Å². The summed E-state index contributed by atoms with van der Waals surface area (Å²) < 4.78 is 38.5. The van der Waals surface area contributed by atoms with Crippen LogP contribution in [0.5, 0.6) is 11.5 Å². The maximum absolute atomic E-state index is 11.9. The number of hydrogen-bond donors (Lipinski definition) is 1. The summed E-state index contributed by atoms with van der Waals surface area (Å²) in [4.78, 5) is 23.5. The molecule has 0 bridgehead atoms. The minimum atomic E-state index is -3.31. The van der Waals surface area contributed by atoms with Gasteiger partial charge in [0.1, 0.15) is 11.5 Å². The van der Waals surface area contributed by atoms with Crippen molar-refractivity contribution in [3.63, 3.8) is 0 Å². The molecule has 1 aromatic carbocycles. The number of carbonyl (C=O) groups is 2. The standard InChI is InChI=1S/C17H25NO7S/c1-12(2)11-26(21,22)6-5-17(20)25-10-16(19)18-13-7-14(23-3)9-15(8-13)24-4/h7-9,12H,5-6,10-11H2,1-4H3,(H,18,19). The molecule has 0 unspecified atom stereocenters. The van der Waals surface area contributed by atoms with Gasteiger partial charge in [-0.15, -0.1) is 0 Å². The van der Waals surface area contributed by atoms with Crippen LogP contribution in [0.25, 0.3) is 0 Å². The van der Waals surface area contributed by atoms with E-state index in [1.807, 2.05) is 0 Å². The van der Waals surface area contributed by atoms with Crippen LogP contribution < -0.4 is 14.8 Å². The predicted octanol–water partition coefficient (Wildman–Crippen LogP) is 1.65. The number of rotatable bonds is 10. The summed E-state index contributed by atoms with van der Waals surface area (Å²) in [7, 11) is -0.344. The lowest BCUT2D eigenvalue weighted by molar-refractivity contribution is -0.146. The molecule has 0 radical (unpaired) electrons. The Hall–Kier alpha value is -2.29. The van der Waals surface area contributed by atoms with Crippen LogP contribution in [0.1, 0.15) is 20.3 Å². The van der Waals surface area contributed by atoms with E-state index in [2.05, 4.69) is 5.32 Å². The molecule has 26 heavy (non-hydrogen) atoms. The Morgan fingerprint density at radius 1 is 1.08 bits per heavy atom. The first-order valence-corrected chi connectivity index (χ1v) is 9.86. The number of ether oxygens (including phenoxy) is 3. The summed E-state index contributed by atoms with van der Waals surface area (Å²) in [6.45, 7) is 3.06. The van der Waals surface area contributed by atoms with Gasteiger partial charge in [0.25, 0.3) is 5.91 Å². The second kappa shape index (κ2) is 10.0. The molecule has 8 nitrogen and oxygen atoms in total.